The first-order valence-corrected chi connectivity index (χ1v) is 15.2. The summed E-state index contributed by atoms with van der Waals surface area (Å²) in [5, 5.41) is 9.44. The van der Waals surface area contributed by atoms with E-state index in [2.05, 4.69) is 62.5 Å². The molecule has 5 heteroatoms. The normalized spacial score (nSPS) is 12.8. The molecule has 1 unspecified atom stereocenters. The molecule has 0 rings (SSSR count). The second-order valence-electron chi connectivity index (χ2n) is 9.80. The molecule has 0 aliphatic heterocycles. The monoisotopic (exact) mass is 532 g/mol. The van der Waals surface area contributed by atoms with Crippen molar-refractivity contribution in [3.8, 4) is 0 Å². The van der Waals surface area contributed by atoms with E-state index in [0.29, 0.717) is 12.8 Å². The number of allylic oxidation sites excluding steroid dienone is 8. The zero-order valence-corrected chi connectivity index (χ0v) is 24.4. The van der Waals surface area contributed by atoms with Gasteiger partial charge in [0, 0.05) is 12.8 Å². The van der Waals surface area contributed by atoms with Gasteiger partial charge in [0.1, 0.15) is 6.61 Å². The van der Waals surface area contributed by atoms with Gasteiger partial charge in [-0.2, -0.15) is 0 Å². The highest BCUT2D eigenvalue weighted by Gasteiger charge is 2.16. The maximum atomic E-state index is 12.0. The minimum Gasteiger partial charge on any atom is -0.462 e. The smallest absolute Gasteiger partial charge is 0.306 e. The predicted octanol–water partition coefficient (Wildman–Crippen LogP) is 8.72. The summed E-state index contributed by atoms with van der Waals surface area (Å²) >= 11 is 0. The number of ether oxygens (including phenoxy) is 2. The molecule has 1 N–H and O–H groups in total. The molecule has 38 heavy (non-hydrogen) atoms. The molecule has 0 aromatic heterocycles. The third-order valence-corrected chi connectivity index (χ3v) is 6.14. The molecule has 0 aromatic carbocycles. The van der Waals surface area contributed by atoms with E-state index in [1.165, 1.54) is 25.7 Å². The number of aliphatic hydroxyl groups excluding tert-OH is 1. The van der Waals surface area contributed by atoms with E-state index in [4.69, 9.17) is 9.47 Å². The Morgan fingerprint density at radius 2 is 1.13 bits per heavy atom. The lowest BCUT2D eigenvalue weighted by Gasteiger charge is -2.15. The van der Waals surface area contributed by atoms with Crippen LogP contribution in [0.5, 0.6) is 0 Å². The van der Waals surface area contributed by atoms with Gasteiger partial charge in [-0.25, -0.2) is 0 Å². The highest BCUT2D eigenvalue weighted by molar-refractivity contribution is 5.70. The van der Waals surface area contributed by atoms with Crippen molar-refractivity contribution >= 4 is 11.9 Å². The lowest BCUT2D eigenvalue weighted by molar-refractivity contribution is -0.161. The average molecular weight is 533 g/mol. The molecule has 0 aromatic rings. The number of unbranched alkanes of at least 4 members (excludes halogenated alkanes) is 10. The SMILES string of the molecule is CC/C=C\C/C=C\C/C=C\C/C=C\CCCCCCC(=O)OC(CO)COC(=O)CCCCCCCCC. The summed E-state index contributed by atoms with van der Waals surface area (Å²) < 4.78 is 10.5. The van der Waals surface area contributed by atoms with Gasteiger partial charge in [0.15, 0.2) is 6.10 Å². The van der Waals surface area contributed by atoms with Crippen molar-refractivity contribution in [2.75, 3.05) is 13.2 Å². The molecule has 0 heterocycles. The number of carbonyl (C=O) groups excluding carboxylic acids is 2. The molecule has 0 aliphatic carbocycles. The fraction of sp³-hybridized carbons (Fsp3) is 0.697. The third-order valence-electron chi connectivity index (χ3n) is 6.14. The van der Waals surface area contributed by atoms with E-state index in [1.54, 1.807) is 0 Å². The molecule has 0 radical (unpaired) electrons. The van der Waals surface area contributed by atoms with Gasteiger partial charge in [-0.15, -0.1) is 0 Å². The van der Waals surface area contributed by atoms with Gasteiger partial charge < -0.3 is 14.6 Å². The zero-order chi connectivity index (χ0) is 27.9. The van der Waals surface area contributed by atoms with Crippen LogP contribution in [0.3, 0.4) is 0 Å². The first-order chi connectivity index (χ1) is 18.6. The Balaban J connectivity index is 3.68. The van der Waals surface area contributed by atoms with E-state index >= 15 is 0 Å². The summed E-state index contributed by atoms with van der Waals surface area (Å²) in [7, 11) is 0. The quantitative estimate of drug-likeness (QED) is 0.0685. The van der Waals surface area contributed by atoms with Crippen LogP contribution in [-0.4, -0.2) is 36.4 Å². The van der Waals surface area contributed by atoms with Crippen LogP contribution < -0.4 is 0 Å². The van der Waals surface area contributed by atoms with Gasteiger partial charge in [0.25, 0.3) is 0 Å². The average Bonchev–Trinajstić information content (AvgIpc) is 2.92. The molecule has 0 fully saturated rings. The maximum Gasteiger partial charge on any atom is 0.306 e. The molecular formula is C33H56O5. The molecular weight excluding hydrogens is 476 g/mol. The maximum absolute atomic E-state index is 12.0. The van der Waals surface area contributed by atoms with E-state index in [1.807, 2.05) is 0 Å². The lowest BCUT2D eigenvalue weighted by Crippen LogP contribution is -2.28. The Hall–Kier alpha value is -2.14. The first-order valence-electron chi connectivity index (χ1n) is 15.2. The second-order valence-corrected chi connectivity index (χ2v) is 9.80. The topological polar surface area (TPSA) is 72.8 Å². The fourth-order valence-corrected chi connectivity index (χ4v) is 3.84. The Kier molecular flexibility index (Phi) is 27.8. The minimum absolute atomic E-state index is 0.0769. The van der Waals surface area contributed by atoms with E-state index in [0.717, 1.165) is 77.0 Å². The van der Waals surface area contributed by atoms with Crippen LogP contribution in [0.1, 0.15) is 129 Å². The van der Waals surface area contributed by atoms with Crippen molar-refractivity contribution in [1.82, 2.24) is 0 Å². The Morgan fingerprint density at radius 3 is 1.71 bits per heavy atom. The van der Waals surface area contributed by atoms with Crippen LogP contribution in [0.2, 0.25) is 0 Å². The number of rotatable bonds is 26. The molecule has 0 saturated heterocycles. The number of carbonyl (C=O) groups is 2. The van der Waals surface area contributed by atoms with Crippen molar-refractivity contribution in [2.45, 2.75) is 136 Å². The van der Waals surface area contributed by atoms with Gasteiger partial charge in [-0.1, -0.05) is 114 Å². The van der Waals surface area contributed by atoms with Gasteiger partial charge in [0.05, 0.1) is 6.61 Å². The zero-order valence-electron chi connectivity index (χ0n) is 24.4. The summed E-state index contributed by atoms with van der Waals surface area (Å²) in [4.78, 5) is 23.9. The summed E-state index contributed by atoms with van der Waals surface area (Å²) in [6.45, 7) is 3.92. The van der Waals surface area contributed by atoms with Crippen LogP contribution in [0.4, 0.5) is 0 Å². The van der Waals surface area contributed by atoms with Crippen LogP contribution in [-0.2, 0) is 19.1 Å². The molecule has 5 nitrogen and oxygen atoms in total. The van der Waals surface area contributed by atoms with Crippen molar-refractivity contribution < 1.29 is 24.2 Å². The van der Waals surface area contributed by atoms with Gasteiger partial charge >= 0.3 is 11.9 Å². The highest BCUT2D eigenvalue weighted by atomic mass is 16.6. The highest BCUT2D eigenvalue weighted by Crippen LogP contribution is 2.10. The predicted molar refractivity (Wildman–Crippen MR) is 159 cm³/mol. The van der Waals surface area contributed by atoms with Crippen LogP contribution in [0.25, 0.3) is 0 Å². The number of esters is 2. The van der Waals surface area contributed by atoms with Gasteiger partial charge in [-0.05, 0) is 51.4 Å². The minimum atomic E-state index is -0.779. The number of hydrogen-bond donors (Lipinski definition) is 1. The van der Waals surface area contributed by atoms with Crippen molar-refractivity contribution in [3.05, 3.63) is 48.6 Å². The number of hydrogen-bond acceptors (Lipinski definition) is 5. The summed E-state index contributed by atoms with van der Waals surface area (Å²) in [5.41, 5.74) is 0. The molecule has 0 spiro atoms. The van der Waals surface area contributed by atoms with Crippen LogP contribution >= 0.6 is 0 Å². The summed E-state index contributed by atoms with van der Waals surface area (Å²) in [5.74, 6) is -0.632. The van der Waals surface area contributed by atoms with Gasteiger partial charge in [-0.3, -0.25) is 9.59 Å². The van der Waals surface area contributed by atoms with Gasteiger partial charge in [0.2, 0.25) is 0 Å². The third kappa shape index (κ3) is 26.9. The lowest BCUT2D eigenvalue weighted by atomic mass is 10.1. The van der Waals surface area contributed by atoms with Crippen molar-refractivity contribution in [2.24, 2.45) is 0 Å². The number of aliphatic hydroxyl groups is 1. The Morgan fingerprint density at radius 1 is 0.632 bits per heavy atom. The largest absolute Gasteiger partial charge is 0.462 e. The van der Waals surface area contributed by atoms with Crippen molar-refractivity contribution in [1.29, 1.82) is 0 Å². The van der Waals surface area contributed by atoms with E-state index < -0.39 is 6.10 Å². The second kappa shape index (κ2) is 29.4. The van der Waals surface area contributed by atoms with Crippen LogP contribution in [0.15, 0.2) is 48.6 Å². The molecule has 0 amide bonds. The summed E-state index contributed by atoms with van der Waals surface area (Å²) in [6.07, 6.45) is 34.6. The molecule has 0 saturated carbocycles. The molecule has 1 atom stereocenters. The van der Waals surface area contributed by atoms with E-state index in [-0.39, 0.29) is 25.2 Å². The van der Waals surface area contributed by atoms with E-state index in [9.17, 15) is 14.7 Å². The standard InChI is InChI=1S/C33H56O5/c1-3-5-7-9-11-12-13-14-15-16-17-18-19-20-22-24-26-28-33(36)38-31(29-34)30-37-32(35)27-25-23-21-10-8-6-4-2/h5,7,11-12,14-15,17-18,31,34H,3-4,6,8-10,13,16,19-30H2,1-2H3/b7-5-,12-11-,15-14-,18-17-. The molecule has 0 bridgehead atoms. The summed E-state index contributed by atoms with van der Waals surface area (Å²) in [6, 6.07) is 0. The van der Waals surface area contributed by atoms with Crippen LogP contribution in [0, 0.1) is 0 Å². The Labute approximate surface area is 233 Å². The molecule has 0 aliphatic rings. The first kappa shape index (κ1) is 35.9. The van der Waals surface area contributed by atoms with Crippen molar-refractivity contribution in [3.63, 3.8) is 0 Å². The fourth-order valence-electron chi connectivity index (χ4n) is 3.84. The Bertz CT molecular complexity index is 662. The molecule has 218 valence electrons.